The van der Waals surface area contributed by atoms with Gasteiger partial charge >= 0.3 is 0 Å². The minimum atomic E-state index is 0.816. The van der Waals surface area contributed by atoms with Crippen LogP contribution in [0.2, 0.25) is 0 Å². The molecule has 0 fully saturated rings. The third-order valence-corrected chi connectivity index (χ3v) is 3.78. The summed E-state index contributed by atoms with van der Waals surface area (Å²) in [6, 6.07) is 14.5. The predicted molar refractivity (Wildman–Crippen MR) is 85.2 cm³/mol. The van der Waals surface area contributed by atoms with E-state index in [0.29, 0.717) is 0 Å². The van der Waals surface area contributed by atoms with E-state index in [1.807, 2.05) is 18.2 Å². The summed E-state index contributed by atoms with van der Waals surface area (Å²) < 4.78 is 0. The lowest BCUT2D eigenvalue weighted by Gasteiger charge is -1.96. The molecule has 104 valence electrons. The molecule has 2 aromatic carbocycles. The summed E-state index contributed by atoms with van der Waals surface area (Å²) >= 11 is 0. The fourth-order valence-corrected chi connectivity index (χ4v) is 2.76. The van der Waals surface area contributed by atoms with Crippen LogP contribution >= 0.6 is 0 Å². The smallest absolute Gasteiger partial charge is 0.159 e. The second kappa shape index (κ2) is 4.74. The zero-order chi connectivity index (χ0) is 14.2. The number of para-hydroxylation sites is 1. The van der Waals surface area contributed by atoms with E-state index in [0.717, 1.165) is 46.3 Å². The summed E-state index contributed by atoms with van der Waals surface area (Å²) in [7, 11) is 0. The van der Waals surface area contributed by atoms with Gasteiger partial charge in [-0.15, -0.1) is 0 Å². The number of benzene rings is 2. The van der Waals surface area contributed by atoms with Crippen LogP contribution in [0.5, 0.6) is 0 Å². The van der Waals surface area contributed by atoms with Gasteiger partial charge in [0.25, 0.3) is 0 Å². The van der Waals surface area contributed by atoms with Crippen molar-refractivity contribution in [2.75, 3.05) is 0 Å². The molecule has 0 saturated carbocycles. The quantitative estimate of drug-likeness (QED) is 0.593. The maximum absolute atomic E-state index is 4.67. The van der Waals surface area contributed by atoms with Crippen molar-refractivity contribution in [2.24, 2.45) is 0 Å². The second-order valence-corrected chi connectivity index (χ2v) is 5.30. The van der Waals surface area contributed by atoms with Crippen molar-refractivity contribution >= 4 is 21.9 Å². The average Bonchev–Trinajstić information content (AvgIpc) is 3.10. The summed E-state index contributed by atoms with van der Waals surface area (Å²) in [5.74, 6) is 0.816. The Morgan fingerprint density at radius 2 is 1.95 bits per heavy atom. The van der Waals surface area contributed by atoms with Gasteiger partial charge < -0.3 is 4.98 Å². The molecule has 21 heavy (non-hydrogen) atoms. The summed E-state index contributed by atoms with van der Waals surface area (Å²) in [5, 5.41) is 8.54. The van der Waals surface area contributed by atoms with Gasteiger partial charge in [-0.25, -0.2) is 4.98 Å². The molecule has 0 saturated heterocycles. The normalized spacial score (nSPS) is 11.5. The van der Waals surface area contributed by atoms with Gasteiger partial charge in [-0.2, -0.15) is 5.10 Å². The minimum absolute atomic E-state index is 0.816. The number of hydrogen-bond donors (Lipinski definition) is 2. The number of nitrogens with one attached hydrogen (secondary N) is 2. The van der Waals surface area contributed by atoms with Crippen LogP contribution in [0.3, 0.4) is 0 Å². The highest BCUT2D eigenvalue weighted by Crippen LogP contribution is 2.26. The number of aromatic nitrogens is 4. The molecule has 0 unspecified atom stereocenters. The zero-order valence-electron chi connectivity index (χ0n) is 11.9. The number of aromatic amines is 2. The topological polar surface area (TPSA) is 57.4 Å². The van der Waals surface area contributed by atoms with E-state index in [2.05, 4.69) is 51.4 Å². The summed E-state index contributed by atoms with van der Waals surface area (Å²) in [5.41, 5.74) is 5.30. The van der Waals surface area contributed by atoms with Gasteiger partial charge in [0.2, 0.25) is 0 Å². The third kappa shape index (κ3) is 2.00. The van der Waals surface area contributed by atoms with Crippen molar-refractivity contribution in [1.29, 1.82) is 0 Å². The third-order valence-electron chi connectivity index (χ3n) is 3.78. The monoisotopic (exact) mass is 276 g/mol. The molecule has 4 nitrogen and oxygen atoms in total. The van der Waals surface area contributed by atoms with Crippen LogP contribution in [0.1, 0.15) is 18.9 Å². The molecule has 0 atom stereocenters. The second-order valence-electron chi connectivity index (χ2n) is 5.30. The molecule has 2 N–H and O–H groups in total. The van der Waals surface area contributed by atoms with E-state index in [9.17, 15) is 0 Å². The van der Waals surface area contributed by atoms with E-state index in [1.165, 1.54) is 5.56 Å². The lowest BCUT2D eigenvalue weighted by Crippen LogP contribution is -1.82. The Balaban J connectivity index is 1.86. The Morgan fingerprint density at radius 1 is 1.05 bits per heavy atom. The molecule has 0 aliphatic heterocycles. The number of nitrogens with zero attached hydrogens (tertiary/aromatic N) is 2. The van der Waals surface area contributed by atoms with Crippen LogP contribution in [0.25, 0.3) is 33.5 Å². The minimum Gasteiger partial charge on any atom is -0.337 e. The number of H-pyrrole nitrogens is 2. The van der Waals surface area contributed by atoms with Crippen LogP contribution in [0.15, 0.2) is 42.5 Å². The highest BCUT2D eigenvalue weighted by atomic mass is 15.1. The van der Waals surface area contributed by atoms with Crippen molar-refractivity contribution in [3.05, 3.63) is 48.0 Å². The Hall–Kier alpha value is -2.62. The van der Waals surface area contributed by atoms with Gasteiger partial charge in [0.15, 0.2) is 5.82 Å². The summed E-state index contributed by atoms with van der Waals surface area (Å²) in [4.78, 5) is 8.06. The number of fused-ring (bicyclic) bond motifs is 2. The predicted octanol–water partition coefficient (Wildman–Crippen LogP) is 4.06. The first-order valence-corrected chi connectivity index (χ1v) is 7.27. The van der Waals surface area contributed by atoms with Crippen LogP contribution < -0.4 is 0 Å². The van der Waals surface area contributed by atoms with Crippen molar-refractivity contribution in [3.63, 3.8) is 0 Å². The van der Waals surface area contributed by atoms with Crippen LogP contribution in [0.4, 0.5) is 0 Å². The number of rotatable bonds is 3. The van der Waals surface area contributed by atoms with Gasteiger partial charge in [0, 0.05) is 5.39 Å². The Bertz CT molecular complexity index is 917. The van der Waals surface area contributed by atoms with E-state index in [4.69, 9.17) is 0 Å². The first kappa shape index (κ1) is 12.1. The molecular weight excluding hydrogens is 260 g/mol. The van der Waals surface area contributed by atoms with Gasteiger partial charge in [0.05, 0.1) is 16.6 Å². The van der Waals surface area contributed by atoms with Crippen molar-refractivity contribution in [3.8, 4) is 11.5 Å². The number of aryl methyl sites for hydroxylation is 1. The van der Waals surface area contributed by atoms with Crippen molar-refractivity contribution in [2.45, 2.75) is 19.8 Å². The average molecular weight is 276 g/mol. The van der Waals surface area contributed by atoms with E-state index >= 15 is 0 Å². The van der Waals surface area contributed by atoms with E-state index in [1.54, 1.807) is 0 Å². The maximum atomic E-state index is 4.67. The number of hydrogen-bond acceptors (Lipinski definition) is 2. The molecule has 0 aliphatic rings. The van der Waals surface area contributed by atoms with E-state index < -0.39 is 0 Å². The van der Waals surface area contributed by atoms with Crippen LogP contribution in [0, 0.1) is 0 Å². The lowest BCUT2D eigenvalue weighted by molar-refractivity contribution is 0.923. The first-order chi connectivity index (χ1) is 10.3. The lowest BCUT2D eigenvalue weighted by atomic mass is 10.1. The molecule has 4 rings (SSSR count). The Labute approximate surface area is 122 Å². The number of imidazole rings is 1. The fraction of sp³-hybridized carbons (Fsp3) is 0.176. The first-order valence-electron chi connectivity index (χ1n) is 7.27. The molecule has 0 amide bonds. The van der Waals surface area contributed by atoms with Crippen LogP contribution in [-0.2, 0) is 6.42 Å². The summed E-state index contributed by atoms with van der Waals surface area (Å²) in [6.45, 7) is 2.19. The molecule has 2 heterocycles. The molecule has 0 bridgehead atoms. The van der Waals surface area contributed by atoms with Gasteiger partial charge in [-0.1, -0.05) is 37.6 Å². The highest BCUT2D eigenvalue weighted by Gasteiger charge is 2.12. The fourth-order valence-electron chi connectivity index (χ4n) is 2.76. The Morgan fingerprint density at radius 3 is 2.86 bits per heavy atom. The standard InChI is InChI=1S/C17H16N4/c1-2-5-11-8-9-14-15(10-11)19-17(18-14)16-12-6-3-4-7-13(12)20-21-16/h3-4,6-10H,2,5H2,1H3,(H,18,19)(H,20,21). The molecule has 0 radical (unpaired) electrons. The zero-order valence-corrected chi connectivity index (χ0v) is 11.9. The molecule has 4 heteroatoms. The van der Waals surface area contributed by atoms with Gasteiger partial charge in [-0.3, -0.25) is 5.10 Å². The van der Waals surface area contributed by atoms with Crippen LogP contribution in [-0.4, -0.2) is 20.2 Å². The molecule has 4 aromatic rings. The largest absolute Gasteiger partial charge is 0.337 e. The van der Waals surface area contributed by atoms with E-state index in [-0.39, 0.29) is 0 Å². The van der Waals surface area contributed by atoms with Gasteiger partial charge in [-0.05, 0) is 30.2 Å². The molecule has 2 aromatic heterocycles. The molecule has 0 spiro atoms. The SMILES string of the molecule is CCCc1ccc2nc(-c3n[nH]c4ccccc34)[nH]c2c1. The molecular formula is C17H16N4. The summed E-state index contributed by atoms with van der Waals surface area (Å²) in [6.07, 6.45) is 2.24. The van der Waals surface area contributed by atoms with Crippen molar-refractivity contribution < 1.29 is 0 Å². The van der Waals surface area contributed by atoms with Gasteiger partial charge in [0.1, 0.15) is 5.69 Å². The molecule has 0 aliphatic carbocycles. The Kier molecular flexibility index (Phi) is 2.74. The maximum Gasteiger partial charge on any atom is 0.159 e. The van der Waals surface area contributed by atoms with Crippen molar-refractivity contribution in [1.82, 2.24) is 20.2 Å². The highest BCUT2D eigenvalue weighted by molar-refractivity contribution is 5.92.